The molecule has 6 heteroatoms. The summed E-state index contributed by atoms with van der Waals surface area (Å²) in [5.74, 6) is -2.37. The van der Waals surface area contributed by atoms with Crippen molar-refractivity contribution in [3.05, 3.63) is 72.9 Å². The Labute approximate surface area is 198 Å². The minimum Gasteiger partial charge on any atom is -0.480 e. The summed E-state index contributed by atoms with van der Waals surface area (Å²) in [7, 11) is 0. The van der Waals surface area contributed by atoms with Crippen LogP contribution in [-0.4, -0.2) is 28.9 Å². The van der Waals surface area contributed by atoms with Crippen molar-refractivity contribution in [1.29, 1.82) is 0 Å². The second kappa shape index (κ2) is 22.1. The number of amides is 2. The molecule has 0 aromatic carbocycles. The average molecular weight is 457 g/mol. The molecule has 1 atom stereocenters. The van der Waals surface area contributed by atoms with Crippen molar-refractivity contribution in [2.45, 2.75) is 77.2 Å². The third kappa shape index (κ3) is 21.9. The maximum absolute atomic E-state index is 11.7. The Balaban J connectivity index is 3.98. The number of carboxylic acids is 1. The molecular weight excluding hydrogens is 416 g/mol. The molecule has 0 aromatic heterocycles. The van der Waals surface area contributed by atoms with E-state index in [1.807, 2.05) is 36.5 Å². The van der Waals surface area contributed by atoms with Gasteiger partial charge >= 0.3 is 5.97 Å². The fraction of sp³-hybridized carbons (Fsp3) is 0.444. The maximum Gasteiger partial charge on any atom is 0.326 e. The minimum absolute atomic E-state index is 0.0431. The summed E-state index contributed by atoms with van der Waals surface area (Å²) in [4.78, 5) is 33.5. The number of carbonyl (C=O) groups is 3. The summed E-state index contributed by atoms with van der Waals surface area (Å²) in [6, 6.07) is -1.15. The number of allylic oxidation sites excluding steroid dienone is 11. The number of aliphatic carboxylic acids is 1. The van der Waals surface area contributed by atoms with E-state index in [1.54, 1.807) is 12.2 Å². The second-order valence-corrected chi connectivity index (χ2v) is 7.64. The Kier molecular flexibility index (Phi) is 20.0. The van der Waals surface area contributed by atoms with Crippen LogP contribution in [0.5, 0.6) is 0 Å². The van der Waals surface area contributed by atoms with Crippen LogP contribution in [0.2, 0.25) is 0 Å². The van der Waals surface area contributed by atoms with E-state index >= 15 is 0 Å². The number of rotatable bonds is 19. The Morgan fingerprint density at radius 3 is 1.85 bits per heavy atom. The van der Waals surface area contributed by atoms with E-state index in [-0.39, 0.29) is 12.8 Å². The van der Waals surface area contributed by atoms with Crippen molar-refractivity contribution < 1.29 is 19.5 Å². The standard InChI is InChI=1S/C27H40N2O4/c1-2-3-4-5-6-7-8-9-10-11-12-13-14-15-16-17-18-19-20-21-26(31)29-24(27(32)33)22-23-25(28)30/h10-21,24H,2-9,22-23H2,1H3,(H2,28,30)(H,29,31)(H,32,33)/t24-/m0/s1. The average Bonchev–Trinajstić information content (AvgIpc) is 2.77. The molecular formula is C27H40N2O4. The number of unbranched alkanes of at least 4 members (excludes halogenated alkanes) is 7. The van der Waals surface area contributed by atoms with Crippen LogP contribution in [0.15, 0.2) is 72.9 Å². The molecule has 6 nitrogen and oxygen atoms in total. The van der Waals surface area contributed by atoms with Crippen LogP contribution in [0.1, 0.15) is 71.1 Å². The topological polar surface area (TPSA) is 109 Å². The molecule has 0 aromatic rings. The summed E-state index contributed by atoms with van der Waals surface area (Å²) >= 11 is 0. The molecule has 0 spiro atoms. The van der Waals surface area contributed by atoms with E-state index in [2.05, 4.69) is 24.4 Å². The minimum atomic E-state index is -1.21. The fourth-order valence-corrected chi connectivity index (χ4v) is 2.81. The lowest BCUT2D eigenvalue weighted by Crippen LogP contribution is -2.40. The van der Waals surface area contributed by atoms with Gasteiger partial charge in [-0.15, -0.1) is 0 Å². The van der Waals surface area contributed by atoms with E-state index in [0.717, 1.165) is 6.42 Å². The van der Waals surface area contributed by atoms with Crippen LogP contribution >= 0.6 is 0 Å². The highest BCUT2D eigenvalue weighted by Gasteiger charge is 2.19. The van der Waals surface area contributed by atoms with Crippen molar-refractivity contribution >= 4 is 17.8 Å². The van der Waals surface area contributed by atoms with Crippen LogP contribution in [0, 0.1) is 0 Å². The number of nitrogens with two attached hydrogens (primary N) is 1. The normalized spacial score (nSPS) is 13.4. The van der Waals surface area contributed by atoms with Gasteiger partial charge in [-0.3, -0.25) is 9.59 Å². The van der Waals surface area contributed by atoms with Gasteiger partial charge in [-0.2, -0.15) is 0 Å². The molecule has 0 saturated carbocycles. The van der Waals surface area contributed by atoms with E-state index < -0.39 is 23.8 Å². The van der Waals surface area contributed by atoms with Crippen LogP contribution in [-0.2, 0) is 14.4 Å². The number of primary amides is 1. The highest BCUT2D eigenvalue weighted by molar-refractivity contribution is 5.91. The Morgan fingerprint density at radius 1 is 0.788 bits per heavy atom. The van der Waals surface area contributed by atoms with Gasteiger partial charge in [0.05, 0.1) is 0 Å². The Morgan fingerprint density at radius 2 is 1.30 bits per heavy atom. The quantitative estimate of drug-likeness (QED) is 0.139. The van der Waals surface area contributed by atoms with Crippen molar-refractivity contribution in [2.24, 2.45) is 5.73 Å². The Bertz CT molecular complexity index is 730. The van der Waals surface area contributed by atoms with E-state index in [1.165, 1.54) is 57.1 Å². The Hall–Kier alpha value is -3.15. The largest absolute Gasteiger partial charge is 0.480 e. The van der Waals surface area contributed by atoms with Crippen LogP contribution in [0.4, 0.5) is 0 Å². The fourth-order valence-electron chi connectivity index (χ4n) is 2.81. The molecule has 4 N–H and O–H groups in total. The SMILES string of the molecule is CCCCCCCCCC=CC=CC=CC=CC=CC=CC(=O)N[C@@H](CCC(N)=O)C(=O)O. The first kappa shape index (κ1) is 29.9. The van der Waals surface area contributed by atoms with Crippen molar-refractivity contribution in [3.8, 4) is 0 Å². The zero-order valence-corrected chi connectivity index (χ0v) is 19.8. The molecule has 0 rings (SSSR count). The number of nitrogens with one attached hydrogen (secondary N) is 1. The molecule has 0 unspecified atom stereocenters. The van der Waals surface area contributed by atoms with Gasteiger partial charge in [0.25, 0.3) is 0 Å². The van der Waals surface area contributed by atoms with Gasteiger partial charge in [0, 0.05) is 12.5 Å². The lowest BCUT2D eigenvalue weighted by Gasteiger charge is -2.11. The number of carboxylic acid groups (broad SMARTS) is 1. The molecule has 0 aliphatic carbocycles. The van der Waals surface area contributed by atoms with Crippen LogP contribution in [0.3, 0.4) is 0 Å². The van der Waals surface area contributed by atoms with Gasteiger partial charge in [0.2, 0.25) is 11.8 Å². The summed E-state index contributed by atoms with van der Waals surface area (Å²) < 4.78 is 0. The molecule has 0 aliphatic rings. The van der Waals surface area contributed by atoms with Crippen molar-refractivity contribution in [2.75, 3.05) is 0 Å². The molecule has 0 heterocycles. The molecule has 0 saturated heterocycles. The maximum atomic E-state index is 11.7. The summed E-state index contributed by atoms with van der Waals surface area (Å²) in [6.07, 6.45) is 32.2. The van der Waals surface area contributed by atoms with Gasteiger partial charge in [0.15, 0.2) is 0 Å². The van der Waals surface area contributed by atoms with Crippen molar-refractivity contribution in [1.82, 2.24) is 5.32 Å². The van der Waals surface area contributed by atoms with Crippen LogP contribution in [0.25, 0.3) is 0 Å². The van der Waals surface area contributed by atoms with Gasteiger partial charge in [-0.05, 0) is 19.3 Å². The molecule has 0 bridgehead atoms. The molecule has 0 aliphatic heterocycles. The first-order valence-corrected chi connectivity index (χ1v) is 11.8. The first-order valence-electron chi connectivity index (χ1n) is 11.8. The molecule has 33 heavy (non-hydrogen) atoms. The second-order valence-electron chi connectivity index (χ2n) is 7.64. The highest BCUT2D eigenvalue weighted by Crippen LogP contribution is 2.08. The first-order chi connectivity index (χ1) is 16.0. The predicted molar refractivity (Wildman–Crippen MR) is 135 cm³/mol. The predicted octanol–water partition coefficient (Wildman–Crippen LogP) is 5.30. The zero-order chi connectivity index (χ0) is 24.6. The van der Waals surface area contributed by atoms with Gasteiger partial charge in [-0.25, -0.2) is 4.79 Å². The molecule has 0 fully saturated rings. The third-order valence-electron chi connectivity index (χ3n) is 4.65. The van der Waals surface area contributed by atoms with E-state index in [4.69, 9.17) is 10.8 Å². The van der Waals surface area contributed by atoms with Gasteiger partial charge in [0.1, 0.15) is 6.04 Å². The van der Waals surface area contributed by atoms with Gasteiger partial charge in [-0.1, -0.05) is 112 Å². The summed E-state index contributed by atoms with van der Waals surface area (Å²) in [6.45, 7) is 2.24. The lowest BCUT2D eigenvalue weighted by molar-refractivity contribution is -0.141. The number of hydrogen-bond acceptors (Lipinski definition) is 3. The van der Waals surface area contributed by atoms with Gasteiger partial charge < -0.3 is 16.2 Å². The van der Waals surface area contributed by atoms with Crippen LogP contribution < -0.4 is 11.1 Å². The molecule has 2 amide bonds. The summed E-state index contributed by atoms with van der Waals surface area (Å²) in [5.41, 5.74) is 5.00. The highest BCUT2D eigenvalue weighted by atomic mass is 16.4. The zero-order valence-electron chi connectivity index (χ0n) is 19.8. The van der Waals surface area contributed by atoms with E-state index in [9.17, 15) is 14.4 Å². The smallest absolute Gasteiger partial charge is 0.326 e. The third-order valence-corrected chi connectivity index (χ3v) is 4.65. The molecule has 0 radical (unpaired) electrons. The lowest BCUT2D eigenvalue weighted by atomic mass is 10.1. The number of hydrogen-bond donors (Lipinski definition) is 3. The van der Waals surface area contributed by atoms with Crippen molar-refractivity contribution in [3.63, 3.8) is 0 Å². The summed E-state index contributed by atoms with van der Waals surface area (Å²) in [5, 5.41) is 11.4. The number of carbonyl (C=O) groups excluding carboxylic acids is 2. The van der Waals surface area contributed by atoms with E-state index in [0.29, 0.717) is 0 Å². The molecule has 182 valence electrons. The monoisotopic (exact) mass is 456 g/mol.